The van der Waals surface area contributed by atoms with Gasteiger partial charge in [0.1, 0.15) is 5.82 Å². The zero-order chi connectivity index (χ0) is 12.5. The molecular weight excluding hydrogens is 212 g/mol. The summed E-state index contributed by atoms with van der Waals surface area (Å²) in [5, 5.41) is 0. The van der Waals surface area contributed by atoms with E-state index in [4.69, 9.17) is 10.7 Å². The number of pyridine rings is 1. The third-order valence-electron chi connectivity index (χ3n) is 3.90. The van der Waals surface area contributed by atoms with Crippen LogP contribution in [0.5, 0.6) is 0 Å². The molecular formula is C13H20N4. The zero-order valence-corrected chi connectivity index (χ0v) is 10.8. The van der Waals surface area contributed by atoms with Gasteiger partial charge in [-0.1, -0.05) is 13.8 Å². The zero-order valence-electron chi connectivity index (χ0n) is 10.8. The van der Waals surface area contributed by atoms with E-state index in [0.29, 0.717) is 6.54 Å². The Labute approximate surface area is 102 Å². The van der Waals surface area contributed by atoms with Crippen molar-refractivity contribution in [3.63, 3.8) is 0 Å². The fourth-order valence-electron chi connectivity index (χ4n) is 2.46. The van der Waals surface area contributed by atoms with Crippen LogP contribution in [0.2, 0.25) is 0 Å². The van der Waals surface area contributed by atoms with Gasteiger partial charge in [-0.3, -0.25) is 4.98 Å². The highest BCUT2D eigenvalue weighted by atomic mass is 15.1. The molecule has 0 unspecified atom stereocenters. The largest absolute Gasteiger partial charge is 0.329 e. The predicted octanol–water partition coefficient (Wildman–Crippen LogP) is 1.98. The van der Waals surface area contributed by atoms with Crippen molar-refractivity contribution in [2.75, 3.05) is 6.54 Å². The number of aryl methyl sites for hydroxylation is 1. The van der Waals surface area contributed by atoms with Crippen molar-refractivity contribution < 1.29 is 0 Å². The standard InChI is InChI=1S/C13H20N4/c1-4-13(5-2,9-14)12-16-10-6-7-15-8-11(10)17(12)3/h6-8H,4-5,9,14H2,1-3H3. The number of nitrogens with zero attached hydrogens (tertiary/aromatic N) is 3. The maximum Gasteiger partial charge on any atom is 0.117 e. The number of aromatic nitrogens is 3. The van der Waals surface area contributed by atoms with E-state index in [-0.39, 0.29) is 5.41 Å². The summed E-state index contributed by atoms with van der Waals surface area (Å²) in [5.41, 5.74) is 8.03. The van der Waals surface area contributed by atoms with E-state index < -0.39 is 0 Å². The van der Waals surface area contributed by atoms with Gasteiger partial charge in [0.15, 0.2) is 0 Å². The summed E-state index contributed by atoms with van der Waals surface area (Å²) in [4.78, 5) is 8.89. The SMILES string of the molecule is CCC(CC)(CN)c1nc2ccncc2n1C. The van der Waals surface area contributed by atoms with E-state index >= 15 is 0 Å². The molecule has 0 fully saturated rings. The number of hydrogen-bond donors (Lipinski definition) is 1. The number of nitrogens with two attached hydrogens (primary N) is 1. The Balaban J connectivity index is 2.65. The van der Waals surface area contributed by atoms with Gasteiger partial charge in [0.25, 0.3) is 0 Å². The van der Waals surface area contributed by atoms with Gasteiger partial charge >= 0.3 is 0 Å². The first kappa shape index (κ1) is 12.0. The third-order valence-corrected chi connectivity index (χ3v) is 3.90. The van der Waals surface area contributed by atoms with Crippen LogP contribution in [0.4, 0.5) is 0 Å². The molecule has 92 valence electrons. The average Bonchev–Trinajstić information content (AvgIpc) is 2.72. The van der Waals surface area contributed by atoms with Gasteiger partial charge in [-0.05, 0) is 18.9 Å². The Hall–Kier alpha value is -1.42. The molecule has 2 N–H and O–H groups in total. The van der Waals surface area contributed by atoms with Gasteiger partial charge in [-0.25, -0.2) is 4.98 Å². The molecule has 0 aromatic carbocycles. The minimum Gasteiger partial charge on any atom is -0.329 e. The lowest BCUT2D eigenvalue weighted by atomic mass is 9.81. The van der Waals surface area contributed by atoms with Gasteiger partial charge in [0.05, 0.1) is 17.2 Å². The molecule has 2 rings (SSSR count). The van der Waals surface area contributed by atoms with Gasteiger partial charge in [0, 0.05) is 25.2 Å². The minimum absolute atomic E-state index is 0.0201. The Morgan fingerprint density at radius 1 is 1.35 bits per heavy atom. The van der Waals surface area contributed by atoms with Crippen LogP contribution < -0.4 is 5.73 Å². The summed E-state index contributed by atoms with van der Waals surface area (Å²) in [5.74, 6) is 1.08. The lowest BCUT2D eigenvalue weighted by Crippen LogP contribution is -2.36. The second kappa shape index (κ2) is 4.45. The quantitative estimate of drug-likeness (QED) is 0.877. The first-order valence-electron chi connectivity index (χ1n) is 6.15. The smallest absolute Gasteiger partial charge is 0.117 e. The van der Waals surface area contributed by atoms with Gasteiger partial charge < -0.3 is 10.3 Å². The molecule has 0 saturated heterocycles. The number of rotatable bonds is 4. The summed E-state index contributed by atoms with van der Waals surface area (Å²) in [6.07, 6.45) is 5.65. The van der Waals surface area contributed by atoms with Crippen molar-refractivity contribution in [1.82, 2.24) is 14.5 Å². The molecule has 0 spiro atoms. The van der Waals surface area contributed by atoms with Crippen LogP contribution in [0.15, 0.2) is 18.5 Å². The monoisotopic (exact) mass is 232 g/mol. The molecule has 0 atom stereocenters. The molecule has 0 bridgehead atoms. The van der Waals surface area contributed by atoms with Crippen molar-refractivity contribution >= 4 is 11.0 Å². The van der Waals surface area contributed by atoms with E-state index in [1.807, 2.05) is 19.3 Å². The molecule has 2 aromatic heterocycles. The van der Waals surface area contributed by atoms with Crippen LogP contribution >= 0.6 is 0 Å². The van der Waals surface area contributed by atoms with Crippen LogP contribution in [0.1, 0.15) is 32.5 Å². The number of fused-ring (bicyclic) bond motifs is 1. The summed E-state index contributed by atoms with van der Waals surface area (Å²) >= 11 is 0. The van der Waals surface area contributed by atoms with Gasteiger partial charge in [-0.15, -0.1) is 0 Å². The maximum atomic E-state index is 5.98. The van der Waals surface area contributed by atoms with Crippen molar-refractivity contribution in [1.29, 1.82) is 0 Å². The Bertz CT molecular complexity index is 503. The van der Waals surface area contributed by atoms with Crippen molar-refractivity contribution in [3.8, 4) is 0 Å². The van der Waals surface area contributed by atoms with E-state index in [9.17, 15) is 0 Å². The predicted molar refractivity (Wildman–Crippen MR) is 69.8 cm³/mol. The third kappa shape index (κ3) is 1.72. The summed E-state index contributed by atoms with van der Waals surface area (Å²) in [6, 6.07) is 1.95. The first-order valence-corrected chi connectivity index (χ1v) is 6.15. The Kier molecular flexibility index (Phi) is 3.15. The van der Waals surface area contributed by atoms with Crippen molar-refractivity contribution in [2.45, 2.75) is 32.1 Å². The molecule has 0 aliphatic heterocycles. The lowest BCUT2D eigenvalue weighted by molar-refractivity contribution is 0.374. The molecule has 0 amide bonds. The fraction of sp³-hybridized carbons (Fsp3) is 0.538. The topological polar surface area (TPSA) is 56.7 Å². The summed E-state index contributed by atoms with van der Waals surface area (Å²) in [6.45, 7) is 4.98. The normalized spacial score (nSPS) is 12.2. The van der Waals surface area contributed by atoms with Crippen LogP contribution in [0, 0.1) is 0 Å². The van der Waals surface area contributed by atoms with Gasteiger partial charge in [-0.2, -0.15) is 0 Å². The molecule has 4 nitrogen and oxygen atoms in total. The Morgan fingerprint density at radius 2 is 2.06 bits per heavy atom. The molecule has 0 aliphatic carbocycles. The first-order chi connectivity index (χ1) is 8.18. The van der Waals surface area contributed by atoms with E-state index in [1.54, 1.807) is 6.20 Å². The molecule has 4 heteroatoms. The van der Waals surface area contributed by atoms with Gasteiger partial charge in [0.2, 0.25) is 0 Å². The highest BCUT2D eigenvalue weighted by molar-refractivity contribution is 5.74. The van der Waals surface area contributed by atoms with Crippen molar-refractivity contribution in [2.24, 2.45) is 12.8 Å². The number of imidazole rings is 1. The van der Waals surface area contributed by atoms with E-state index in [1.165, 1.54) is 0 Å². The molecule has 2 aromatic rings. The molecule has 2 heterocycles. The second-order valence-electron chi connectivity index (χ2n) is 4.55. The molecule has 0 saturated carbocycles. The average molecular weight is 232 g/mol. The van der Waals surface area contributed by atoms with E-state index in [0.717, 1.165) is 29.7 Å². The van der Waals surface area contributed by atoms with Crippen molar-refractivity contribution in [3.05, 3.63) is 24.3 Å². The maximum absolute atomic E-state index is 5.98. The second-order valence-corrected chi connectivity index (χ2v) is 4.55. The number of hydrogen-bond acceptors (Lipinski definition) is 3. The van der Waals surface area contributed by atoms with Crippen LogP contribution in [0.25, 0.3) is 11.0 Å². The fourth-order valence-corrected chi connectivity index (χ4v) is 2.46. The summed E-state index contributed by atoms with van der Waals surface area (Å²) < 4.78 is 2.13. The highest BCUT2D eigenvalue weighted by Crippen LogP contribution is 2.31. The summed E-state index contributed by atoms with van der Waals surface area (Å²) in [7, 11) is 2.04. The highest BCUT2D eigenvalue weighted by Gasteiger charge is 2.31. The lowest BCUT2D eigenvalue weighted by Gasteiger charge is -2.29. The molecule has 0 radical (unpaired) electrons. The van der Waals surface area contributed by atoms with Crippen LogP contribution in [-0.2, 0) is 12.5 Å². The van der Waals surface area contributed by atoms with Crippen LogP contribution in [-0.4, -0.2) is 21.1 Å². The minimum atomic E-state index is -0.0201. The molecule has 17 heavy (non-hydrogen) atoms. The van der Waals surface area contributed by atoms with Crippen LogP contribution in [0.3, 0.4) is 0 Å². The molecule has 0 aliphatic rings. The Morgan fingerprint density at radius 3 is 2.59 bits per heavy atom. The van der Waals surface area contributed by atoms with E-state index in [2.05, 4.69) is 23.4 Å².